The van der Waals surface area contributed by atoms with Gasteiger partial charge in [0.2, 0.25) is 0 Å². The van der Waals surface area contributed by atoms with Gasteiger partial charge in [-0.25, -0.2) is 0 Å². The molecule has 1 saturated carbocycles. The minimum atomic E-state index is -0.0713. The lowest BCUT2D eigenvalue weighted by atomic mass is 9.74. The molecule has 0 spiro atoms. The Balaban J connectivity index is 1.66. The summed E-state index contributed by atoms with van der Waals surface area (Å²) in [7, 11) is 0. The molecule has 104 valence electrons. The lowest BCUT2D eigenvalue weighted by Gasteiger charge is -2.39. The van der Waals surface area contributed by atoms with Gasteiger partial charge in [0.1, 0.15) is 0 Å². The van der Waals surface area contributed by atoms with Gasteiger partial charge in [-0.05, 0) is 37.2 Å². The highest BCUT2D eigenvalue weighted by Crippen LogP contribution is 2.46. The van der Waals surface area contributed by atoms with Gasteiger partial charge >= 0.3 is 0 Å². The third kappa shape index (κ3) is 2.74. The van der Waals surface area contributed by atoms with Crippen LogP contribution in [-0.2, 0) is 16.1 Å². The molecule has 0 radical (unpaired) electrons. The molecule has 0 amide bonds. The maximum Gasteiger partial charge on any atom is 0.0918 e. The van der Waals surface area contributed by atoms with Crippen LogP contribution < -0.4 is 0 Å². The Morgan fingerprint density at radius 1 is 1.37 bits per heavy atom. The SMILES string of the molecule is CC12CC(CO1)C(CBr)CC2OCc1ccccc1. The molecule has 2 bridgehead atoms. The molecule has 2 aliphatic rings. The Labute approximate surface area is 123 Å². The van der Waals surface area contributed by atoms with Gasteiger partial charge in [-0.2, -0.15) is 0 Å². The maximum absolute atomic E-state index is 6.19. The third-order valence-electron chi connectivity index (χ3n) is 4.65. The van der Waals surface area contributed by atoms with E-state index in [0.29, 0.717) is 18.4 Å². The molecular weight excluding hydrogens is 304 g/mol. The fraction of sp³-hybridized carbons (Fsp3) is 0.625. The van der Waals surface area contributed by atoms with E-state index in [0.717, 1.165) is 24.8 Å². The first-order chi connectivity index (χ1) is 9.21. The molecule has 3 rings (SSSR count). The van der Waals surface area contributed by atoms with Crippen LogP contribution in [0.5, 0.6) is 0 Å². The number of alkyl halides is 1. The fourth-order valence-electron chi connectivity index (χ4n) is 3.38. The Hall–Kier alpha value is -0.380. The number of fused-ring (bicyclic) bond motifs is 2. The first-order valence-electron chi connectivity index (χ1n) is 7.07. The topological polar surface area (TPSA) is 18.5 Å². The normalized spacial score (nSPS) is 37.5. The molecule has 19 heavy (non-hydrogen) atoms. The minimum absolute atomic E-state index is 0.0713. The van der Waals surface area contributed by atoms with E-state index in [2.05, 4.69) is 47.1 Å². The molecule has 1 aliphatic carbocycles. The molecule has 0 N–H and O–H groups in total. The molecule has 1 saturated heterocycles. The molecule has 0 aromatic heterocycles. The maximum atomic E-state index is 6.19. The first kappa shape index (κ1) is 13.6. The van der Waals surface area contributed by atoms with Gasteiger partial charge in [0, 0.05) is 5.33 Å². The van der Waals surface area contributed by atoms with E-state index in [4.69, 9.17) is 9.47 Å². The number of ether oxygens (including phenoxy) is 2. The molecule has 1 aliphatic heterocycles. The fourth-order valence-corrected chi connectivity index (χ4v) is 4.18. The summed E-state index contributed by atoms with van der Waals surface area (Å²) < 4.78 is 12.2. The summed E-state index contributed by atoms with van der Waals surface area (Å²) in [4.78, 5) is 0. The van der Waals surface area contributed by atoms with Gasteiger partial charge in [-0.1, -0.05) is 46.3 Å². The number of halogens is 1. The number of hydrogen-bond donors (Lipinski definition) is 0. The van der Waals surface area contributed by atoms with E-state index in [1.54, 1.807) is 0 Å². The van der Waals surface area contributed by atoms with Crippen LogP contribution in [0, 0.1) is 11.8 Å². The van der Waals surface area contributed by atoms with Crippen molar-refractivity contribution in [2.45, 2.75) is 38.1 Å². The van der Waals surface area contributed by atoms with Crippen LogP contribution >= 0.6 is 15.9 Å². The smallest absolute Gasteiger partial charge is 0.0918 e. The second kappa shape index (κ2) is 5.55. The van der Waals surface area contributed by atoms with Crippen LogP contribution in [0.1, 0.15) is 25.3 Å². The van der Waals surface area contributed by atoms with Crippen LogP contribution in [0.3, 0.4) is 0 Å². The van der Waals surface area contributed by atoms with E-state index in [1.807, 2.05) is 6.07 Å². The van der Waals surface area contributed by atoms with Crippen LogP contribution in [0.4, 0.5) is 0 Å². The van der Waals surface area contributed by atoms with Crippen molar-refractivity contribution in [3.63, 3.8) is 0 Å². The van der Waals surface area contributed by atoms with E-state index < -0.39 is 0 Å². The van der Waals surface area contributed by atoms with Crippen LogP contribution in [0.25, 0.3) is 0 Å². The van der Waals surface area contributed by atoms with Crippen molar-refractivity contribution < 1.29 is 9.47 Å². The summed E-state index contributed by atoms with van der Waals surface area (Å²) in [5, 5.41) is 1.06. The zero-order chi connectivity index (χ0) is 13.3. The average molecular weight is 325 g/mol. The quantitative estimate of drug-likeness (QED) is 0.785. The summed E-state index contributed by atoms with van der Waals surface area (Å²) in [6, 6.07) is 10.4. The lowest BCUT2D eigenvalue weighted by Crippen LogP contribution is -2.45. The van der Waals surface area contributed by atoms with E-state index in [1.165, 1.54) is 5.56 Å². The predicted molar refractivity (Wildman–Crippen MR) is 79.4 cm³/mol. The molecule has 4 unspecified atom stereocenters. The van der Waals surface area contributed by atoms with Crippen LogP contribution in [0.2, 0.25) is 0 Å². The van der Waals surface area contributed by atoms with Crippen molar-refractivity contribution in [2.75, 3.05) is 11.9 Å². The largest absolute Gasteiger partial charge is 0.372 e. The molecule has 4 atom stereocenters. The summed E-state index contributed by atoms with van der Waals surface area (Å²) in [6.45, 7) is 3.80. The molecule has 2 nitrogen and oxygen atoms in total. The third-order valence-corrected chi connectivity index (χ3v) is 5.48. The second-order valence-corrected chi connectivity index (χ2v) is 6.67. The zero-order valence-corrected chi connectivity index (χ0v) is 12.9. The van der Waals surface area contributed by atoms with E-state index >= 15 is 0 Å². The average Bonchev–Trinajstić information content (AvgIpc) is 2.78. The second-order valence-electron chi connectivity index (χ2n) is 6.02. The van der Waals surface area contributed by atoms with Gasteiger partial charge in [-0.3, -0.25) is 0 Å². The standard InChI is InChI=1S/C16H21BrO2/c1-16-8-14(11-19-16)13(9-17)7-15(16)18-10-12-5-3-2-4-6-12/h2-6,13-15H,7-11H2,1H3. The Bertz CT molecular complexity index is 422. The summed E-state index contributed by atoms with van der Waals surface area (Å²) in [6.07, 6.45) is 2.47. The van der Waals surface area contributed by atoms with Gasteiger partial charge in [0.05, 0.1) is 24.9 Å². The van der Waals surface area contributed by atoms with Crippen molar-refractivity contribution in [3.8, 4) is 0 Å². The van der Waals surface area contributed by atoms with Crippen molar-refractivity contribution in [3.05, 3.63) is 35.9 Å². The lowest BCUT2D eigenvalue weighted by molar-refractivity contribution is -0.123. The van der Waals surface area contributed by atoms with Gasteiger partial charge in [0.15, 0.2) is 0 Å². The van der Waals surface area contributed by atoms with Crippen LogP contribution in [-0.4, -0.2) is 23.6 Å². The van der Waals surface area contributed by atoms with Crippen molar-refractivity contribution in [1.29, 1.82) is 0 Å². The minimum Gasteiger partial charge on any atom is -0.372 e. The monoisotopic (exact) mass is 324 g/mol. The van der Waals surface area contributed by atoms with E-state index in [-0.39, 0.29) is 11.7 Å². The zero-order valence-electron chi connectivity index (χ0n) is 11.3. The number of hydrogen-bond acceptors (Lipinski definition) is 2. The predicted octanol–water partition coefficient (Wildman–Crippen LogP) is 3.78. The Kier molecular flexibility index (Phi) is 3.97. The highest BCUT2D eigenvalue weighted by molar-refractivity contribution is 9.09. The number of rotatable bonds is 4. The highest BCUT2D eigenvalue weighted by atomic mass is 79.9. The Morgan fingerprint density at radius 2 is 2.16 bits per heavy atom. The highest BCUT2D eigenvalue weighted by Gasteiger charge is 2.50. The van der Waals surface area contributed by atoms with Crippen molar-refractivity contribution in [2.24, 2.45) is 11.8 Å². The molecular formula is C16H21BrO2. The van der Waals surface area contributed by atoms with Gasteiger partial charge in [-0.15, -0.1) is 0 Å². The molecule has 2 fully saturated rings. The first-order valence-corrected chi connectivity index (χ1v) is 8.19. The van der Waals surface area contributed by atoms with Crippen molar-refractivity contribution in [1.82, 2.24) is 0 Å². The van der Waals surface area contributed by atoms with E-state index in [9.17, 15) is 0 Å². The molecule has 1 aromatic carbocycles. The molecule has 1 heterocycles. The molecule has 1 aromatic rings. The van der Waals surface area contributed by atoms with Crippen molar-refractivity contribution >= 4 is 15.9 Å². The summed E-state index contributed by atoms with van der Waals surface area (Å²) in [5.41, 5.74) is 1.17. The van der Waals surface area contributed by atoms with Gasteiger partial charge in [0.25, 0.3) is 0 Å². The molecule has 3 heteroatoms. The number of benzene rings is 1. The summed E-state index contributed by atoms with van der Waals surface area (Å²) >= 11 is 3.64. The summed E-state index contributed by atoms with van der Waals surface area (Å²) in [5.74, 6) is 1.40. The van der Waals surface area contributed by atoms with Gasteiger partial charge < -0.3 is 9.47 Å². The Morgan fingerprint density at radius 3 is 2.89 bits per heavy atom. The van der Waals surface area contributed by atoms with Crippen LogP contribution in [0.15, 0.2) is 30.3 Å².